The molecule has 14 heteroatoms. The molecule has 3 aromatic rings. The molecule has 0 bridgehead atoms. The number of carbonyl (C=O) groups excluding carboxylic acids is 2. The summed E-state index contributed by atoms with van der Waals surface area (Å²) in [5.41, 5.74) is 1.12. The summed E-state index contributed by atoms with van der Waals surface area (Å²) in [6, 6.07) is 10.2. The molecular formula is C23H17ClF4N6O3. The highest BCUT2D eigenvalue weighted by molar-refractivity contribution is 6.31. The zero-order valence-electron chi connectivity index (χ0n) is 18.7. The zero-order chi connectivity index (χ0) is 27.0. The van der Waals surface area contributed by atoms with Gasteiger partial charge in [-0.25, -0.2) is 23.9 Å². The number of nitriles is 1. The van der Waals surface area contributed by atoms with E-state index in [0.717, 1.165) is 24.0 Å². The minimum absolute atomic E-state index is 0.0621. The summed E-state index contributed by atoms with van der Waals surface area (Å²) in [5.74, 6) is -3.20. The molecule has 9 nitrogen and oxygen atoms in total. The number of carbonyl (C=O) groups is 2. The number of aromatic nitrogens is 2. The number of benzene rings is 2. The SMILES string of the molecule is N#Cc1cnc(NC(=O)N(OC(=O)C(F)(F)F)c2ccc(CCNCc3ccc(F)cc3)c(Cl)c2)cn1. The first kappa shape index (κ1) is 27.3. The second-order valence-corrected chi connectivity index (χ2v) is 7.74. The Morgan fingerprint density at radius 1 is 1.11 bits per heavy atom. The molecule has 0 unspecified atom stereocenters. The van der Waals surface area contributed by atoms with E-state index in [-0.39, 0.29) is 33.1 Å². The van der Waals surface area contributed by atoms with Gasteiger partial charge in [0.2, 0.25) is 0 Å². The fourth-order valence-electron chi connectivity index (χ4n) is 2.88. The van der Waals surface area contributed by atoms with Crippen molar-refractivity contribution in [1.29, 1.82) is 5.26 Å². The molecule has 0 radical (unpaired) electrons. The fraction of sp³-hybridized carbons (Fsp3) is 0.174. The molecule has 0 atom stereocenters. The normalized spacial score (nSPS) is 10.9. The lowest BCUT2D eigenvalue weighted by molar-refractivity contribution is -0.199. The minimum Gasteiger partial charge on any atom is -0.323 e. The van der Waals surface area contributed by atoms with Crippen molar-refractivity contribution in [3.05, 3.63) is 82.5 Å². The molecule has 0 aliphatic heterocycles. The predicted molar refractivity (Wildman–Crippen MR) is 124 cm³/mol. The van der Waals surface area contributed by atoms with Gasteiger partial charge in [-0.05, 0) is 48.4 Å². The van der Waals surface area contributed by atoms with Crippen LogP contribution in [-0.2, 0) is 22.6 Å². The zero-order valence-corrected chi connectivity index (χ0v) is 19.5. The quantitative estimate of drug-likeness (QED) is 0.258. The van der Waals surface area contributed by atoms with Gasteiger partial charge in [-0.3, -0.25) is 5.32 Å². The van der Waals surface area contributed by atoms with Gasteiger partial charge in [0, 0.05) is 11.6 Å². The first-order chi connectivity index (χ1) is 17.6. The highest BCUT2D eigenvalue weighted by Crippen LogP contribution is 2.27. The summed E-state index contributed by atoms with van der Waals surface area (Å²) in [6.45, 7) is 0.927. The number of hydroxylamine groups is 1. The Morgan fingerprint density at radius 3 is 2.43 bits per heavy atom. The van der Waals surface area contributed by atoms with Gasteiger partial charge in [0.1, 0.15) is 11.9 Å². The molecule has 37 heavy (non-hydrogen) atoms. The van der Waals surface area contributed by atoms with Crippen molar-refractivity contribution in [2.45, 2.75) is 19.1 Å². The first-order valence-electron chi connectivity index (χ1n) is 10.4. The van der Waals surface area contributed by atoms with Crippen LogP contribution in [0.25, 0.3) is 0 Å². The third-order valence-electron chi connectivity index (χ3n) is 4.68. The number of halogens is 5. The Kier molecular flexibility index (Phi) is 8.94. The molecule has 2 amide bonds. The number of hydrogen-bond donors (Lipinski definition) is 2. The number of rotatable bonds is 7. The second kappa shape index (κ2) is 12.1. The molecule has 0 fully saturated rings. The fourth-order valence-corrected chi connectivity index (χ4v) is 3.15. The van der Waals surface area contributed by atoms with Gasteiger partial charge in [-0.1, -0.05) is 29.8 Å². The lowest BCUT2D eigenvalue weighted by Crippen LogP contribution is -2.41. The number of hydrogen-bond acceptors (Lipinski definition) is 7. The van der Waals surface area contributed by atoms with E-state index in [2.05, 4.69) is 25.4 Å². The first-order valence-corrected chi connectivity index (χ1v) is 10.8. The average molecular weight is 537 g/mol. The minimum atomic E-state index is -5.38. The summed E-state index contributed by atoms with van der Waals surface area (Å²) in [4.78, 5) is 35.8. The standard InChI is InChI=1S/C23H17ClF4N6O3/c24-19-9-18(6-3-15(19)7-8-30-11-14-1-4-16(25)5-2-14)34(37-21(35)23(26,27)28)22(36)33-20-13-31-17(10-29)12-32-20/h1-6,9,12-13,30H,7-8,11H2,(H,32,33,36). The van der Waals surface area contributed by atoms with E-state index < -0.39 is 18.2 Å². The Bertz CT molecular complexity index is 1300. The number of nitrogens with zero attached hydrogens (tertiary/aromatic N) is 4. The highest BCUT2D eigenvalue weighted by Gasteiger charge is 2.44. The highest BCUT2D eigenvalue weighted by atomic mass is 35.5. The maximum absolute atomic E-state index is 13.0. The summed E-state index contributed by atoms with van der Waals surface area (Å²) in [6.07, 6.45) is -2.95. The molecule has 2 aromatic carbocycles. The van der Waals surface area contributed by atoms with Crippen LogP contribution in [0.2, 0.25) is 5.02 Å². The largest absolute Gasteiger partial charge is 0.493 e. The van der Waals surface area contributed by atoms with E-state index in [1.807, 2.05) is 0 Å². The molecule has 0 aliphatic carbocycles. The second-order valence-electron chi connectivity index (χ2n) is 7.33. The summed E-state index contributed by atoms with van der Waals surface area (Å²) < 4.78 is 51.4. The molecular weight excluding hydrogens is 520 g/mol. The van der Waals surface area contributed by atoms with Crippen molar-refractivity contribution in [2.75, 3.05) is 16.9 Å². The van der Waals surface area contributed by atoms with Gasteiger partial charge >= 0.3 is 18.2 Å². The van der Waals surface area contributed by atoms with Gasteiger partial charge in [0.05, 0.1) is 18.1 Å². The third kappa shape index (κ3) is 7.86. The van der Waals surface area contributed by atoms with Crippen LogP contribution in [0.15, 0.2) is 54.9 Å². The van der Waals surface area contributed by atoms with E-state index in [9.17, 15) is 27.2 Å². The van der Waals surface area contributed by atoms with Crippen molar-refractivity contribution in [3.63, 3.8) is 0 Å². The molecule has 192 valence electrons. The van der Waals surface area contributed by atoms with Crippen LogP contribution in [0.4, 0.5) is 33.9 Å². The van der Waals surface area contributed by atoms with Gasteiger partial charge in [-0.2, -0.15) is 18.4 Å². The number of nitrogens with one attached hydrogen (secondary N) is 2. The number of amides is 2. The van der Waals surface area contributed by atoms with Crippen molar-refractivity contribution >= 4 is 35.1 Å². The molecule has 1 aromatic heterocycles. The summed E-state index contributed by atoms with van der Waals surface area (Å²) in [7, 11) is 0. The van der Waals surface area contributed by atoms with Crippen molar-refractivity contribution in [2.24, 2.45) is 0 Å². The lowest BCUT2D eigenvalue weighted by Gasteiger charge is -2.22. The molecule has 3 rings (SSSR count). The molecule has 0 saturated heterocycles. The summed E-state index contributed by atoms with van der Waals surface area (Å²) >= 11 is 6.27. The number of alkyl halides is 3. The van der Waals surface area contributed by atoms with Crippen LogP contribution in [-0.4, -0.2) is 34.7 Å². The Balaban J connectivity index is 1.71. The molecule has 0 spiro atoms. The van der Waals surface area contributed by atoms with Gasteiger partial charge < -0.3 is 10.2 Å². The number of urea groups is 1. The van der Waals surface area contributed by atoms with Crippen LogP contribution >= 0.6 is 11.6 Å². The van der Waals surface area contributed by atoms with Crippen LogP contribution in [0.3, 0.4) is 0 Å². The van der Waals surface area contributed by atoms with Crippen molar-refractivity contribution in [1.82, 2.24) is 15.3 Å². The van der Waals surface area contributed by atoms with E-state index in [1.165, 1.54) is 24.3 Å². The maximum Gasteiger partial charge on any atom is 0.493 e. The van der Waals surface area contributed by atoms with E-state index >= 15 is 0 Å². The Hall–Kier alpha value is -4.28. The van der Waals surface area contributed by atoms with Gasteiger partial charge in [0.15, 0.2) is 11.5 Å². The van der Waals surface area contributed by atoms with E-state index in [4.69, 9.17) is 16.9 Å². The van der Waals surface area contributed by atoms with Gasteiger partial charge in [-0.15, -0.1) is 5.06 Å². The molecule has 2 N–H and O–H groups in total. The molecule has 0 aliphatic rings. The lowest BCUT2D eigenvalue weighted by atomic mass is 10.1. The van der Waals surface area contributed by atoms with Crippen molar-refractivity contribution in [3.8, 4) is 6.07 Å². The molecule has 1 heterocycles. The van der Waals surface area contributed by atoms with Gasteiger partial charge in [0.25, 0.3) is 0 Å². The molecule has 0 saturated carbocycles. The smallest absolute Gasteiger partial charge is 0.323 e. The van der Waals surface area contributed by atoms with Crippen molar-refractivity contribution < 1.29 is 32.0 Å². The third-order valence-corrected chi connectivity index (χ3v) is 5.03. The topological polar surface area (TPSA) is 120 Å². The summed E-state index contributed by atoms with van der Waals surface area (Å²) in [5, 5.41) is 14.2. The van der Waals surface area contributed by atoms with Crippen LogP contribution < -0.4 is 15.7 Å². The predicted octanol–water partition coefficient (Wildman–Crippen LogP) is 4.53. The monoisotopic (exact) mass is 536 g/mol. The number of anilines is 2. The van der Waals surface area contributed by atoms with E-state index in [0.29, 0.717) is 25.1 Å². The van der Waals surface area contributed by atoms with E-state index in [1.54, 1.807) is 18.2 Å². The average Bonchev–Trinajstić information content (AvgIpc) is 2.86. The maximum atomic E-state index is 13.0. The van der Waals surface area contributed by atoms with Crippen LogP contribution in [0, 0.1) is 17.1 Å². The van der Waals surface area contributed by atoms with Crippen LogP contribution in [0.5, 0.6) is 0 Å². The Labute approximate surface area is 212 Å². The van der Waals surface area contributed by atoms with Crippen LogP contribution in [0.1, 0.15) is 16.8 Å². The Morgan fingerprint density at radius 2 is 1.84 bits per heavy atom.